The average molecular weight is 412 g/mol. The highest BCUT2D eigenvalue weighted by Gasteiger charge is 2.19. The second-order valence-corrected chi connectivity index (χ2v) is 8.58. The zero-order chi connectivity index (χ0) is 20.6. The van der Waals surface area contributed by atoms with Gasteiger partial charge in [-0.2, -0.15) is 0 Å². The van der Waals surface area contributed by atoms with Crippen molar-refractivity contribution in [3.63, 3.8) is 0 Å². The molecule has 0 aliphatic carbocycles. The van der Waals surface area contributed by atoms with E-state index in [1.54, 1.807) is 0 Å². The third-order valence-corrected chi connectivity index (χ3v) is 6.04. The molecule has 1 aliphatic rings. The third kappa shape index (κ3) is 6.08. The summed E-state index contributed by atoms with van der Waals surface area (Å²) in [5.41, 5.74) is 2.94. The van der Waals surface area contributed by atoms with Gasteiger partial charge in [-0.25, -0.2) is 0 Å². The van der Waals surface area contributed by atoms with Gasteiger partial charge in [0.2, 0.25) is 5.91 Å². The Morgan fingerprint density at radius 1 is 1.00 bits per heavy atom. The van der Waals surface area contributed by atoms with Crippen molar-refractivity contribution in [2.75, 3.05) is 32.9 Å². The number of benzene rings is 2. The van der Waals surface area contributed by atoms with Crippen LogP contribution in [0.25, 0.3) is 0 Å². The molecule has 1 heterocycles. The Balaban J connectivity index is 1.62. The van der Waals surface area contributed by atoms with Gasteiger partial charge in [-0.05, 0) is 50.2 Å². The number of rotatable bonds is 8. The summed E-state index contributed by atoms with van der Waals surface area (Å²) in [5, 5.41) is 3.05. The van der Waals surface area contributed by atoms with E-state index in [-0.39, 0.29) is 11.8 Å². The fourth-order valence-electron chi connectivity index (χ4n) is 3.47. The number of carbonyl (C=O) groups is 2. The maximum Gasteiger partial charge on any atom is 0.252 e. The number of hydrogen-bond acceptors (Lipinski definition) is 4. The summed E-state index contributed by atoms with van der Waals surface area (Å²) in [6.07, 6.45) is 2.18. The van der Waals surface area contributed by atoms with Crippen LogP contribution < -0.4 is 5.32 Å². The Bertz CT molecular complexity index is 848. The molecule has 0 spiro atoms. The third-order valence-electron chi connectivity index (χ3n) is 4.99. The van der Waals surface area contributed by atoms with E-state index < -0.39 is 0 Å². The number of nitrogens with zero attached hydrogens (tertiary/aromatic N) is 2. The summed E-state index contributed by atoms with van der Waals surface area (Å²) in [7, 11) is 4.07. The van der Waals surface area contributed by atoms with Crippen LogP contribution in [0.1, 0.15) is 34.3 Å². The molecular weight excluding hydrogens is 382 g/mol. The molecule has 154 valence electrons. The van der Waals surface area contributed by atoms with Crippen LogP contribution in [-0.4, -0.2) is 54.6 Å². The smallest absolute Gasteiger partial charge is 0.252 e. The maximum atomic E-state index is 12.8. The van der Waals surface area contributed by atoms with Crippen molar-refractivity contribution in [3.8, 4) is 0 Å². The van der Waals surface area contributed by atoms with Crippen LogP contribution in [0.3, 0.4) is 0 Å². The zero-order valence-corrected chi connectivity index (χ0v) is 18.0. The van der Waals surface area contributed by atoms with Crippen LogP contribution in [0, 0.1) is 0 Å². The van der Waals surface area contributed by atoms with E-state index in [2.05, 4.69) is 22.3 Å². The largest absolute Gasteiger partial charge is 0.348 e. The lowest BCUT2D eigenvalue weighted by Gasteiger charge is -2.16. The van der Waals surface area contributed by atoms with Crippen LogP contribution in [0.15, 0.2) is 53.4 Å². The Labute approximate surface area is 177 Å². The Morgan fingerprint density at radius 2 is 1.66 bits per heavy atom. The van der Waals surface area contributed by atoms with Crippen molar-refractivity contribution in [2.45, 2.75) is 30.8 Å². The minimum absolute atomic E-state index is 0.110. The first-order chi connectivity index (χ1) is 14.0. The summed E-state index contributed by atoms with van der Waals surface area (Å²) in [4.78, 5) is 30.1. The molecule has 0 unspecified atom stereocenters. The summed E-state index contributed by atoms with van der Waals surface area (Å²) in [6, 6.07) is 15.7. The van der Waals surface area contributed by atoms with Gasteiger partial charge in [0.25, 0.3) is 5.91 Å². The average Bonchev–Trinajstić information content (AvgIpc) is 3.26. The highest BCUT2D eigenvalue weighted by atomic mass is 32.2. The molecule has 1 fully saturated rings. The minimum Gasteiger partial charge on any atom is -0.348 e. The molecule has 5 nitrogen and oxygen atoms in total. The molecule has 29 heavy (non-hydrogen) atoms. The van der Waals surface area contributed by atoms with E-state index in [1.807, 2.05) is 55.4 Å². The highest BCUT2D eigenvalue weighted by Crippen LogP contribution is 2.24. The van der Waals surface area contributed by atoms with E-state index >= 15 is 0 Å². The monoisotopic (exact) mass is 411 g/mol. The molecule has 6 heteroatoms. The number of nitrogens with one attached hydrogen (secondary N) is 1. The van der Waals surface area contributed by atoms with Gasteiger partial charge in [-0.15, -0.1) is 11.8 Å². The molecular formula is C23H29N3O2S. The van der Waals surface area contributed by atoms with Crippen molar-refractivity contribution in [3.05, 3.63) is 65.2 Å². The molecule has 1 aliphatic heterocycles. The van der Waals surface area contributed by atoms with Gasteiger partial charge < -0.3 is 15.1 Å². The van der Waals surface area contributed by atoms with Gasteiger partial charge in [0.05, 0.1) is 11.3 Å². The van der Waals surface area contributed by atoms with Gasteiger partial charge in [-0.1, -0.05) is 36.4 Å². The van der Waals surface area contributed by atoms with Crippen molar-refractivity contribution >= 4 is 23.6 Å². The summed E-state index contributed by atoms with van der Waals surface area (Å²) >= 11 is 1.44. The second kappa shape index (κ2) is 10.5. The summed E-state index contributed by atoms with van der Waals surface area (Å²) in [6.45, 7) is 3.02. The Hall–Kier alpha value is -2.31. The number of carbonyl (C=O) groups excluding carboxylic acids is 2. The van der Waals surface area contributed by atoms with Gasteiger partial charge in [0.1, 0.15) is 0 Å². The summed E-state index contributed by atoms with van der Waals surface area (Å²) in [5.74, 6) is 0.414. The van der Waals surface area contributed by atoms with Crippen molar-refractivity contribution < 1.29 is 9.59 Å². The molecule has 0 saturated carbocycles. The quantitative estimate of drug-likeness (QED) is 0.677. The molecule has 0 bridgehead atoms. The molecule has 0 aromatic heterocycles. The molecule has 0 radical (unpaired) electrons. The molecule has 1 saturated heterocycles. The predicted molar refractivity (Wildman–Crippen MR) is 118 cm³/mol. The lowest BCUT2D eigenvalue weighted by Crippen LogP contribution is -2.29. The van der Waals surface area contributed by atoms with Crippen LogP contribution in [0.5, 0.6) is 0 Å². The number of likely N-dealkylation sites (tertiary alicyclic amines) is 1. The SMILES string of the molecule is CN(C)Cc1ccccc1CNC(=O)c1ccccc1SCC(=O)N1CCCC1. The number of thioether (sulfide) groups is 1. The number of hydrogen-bond donors (Lipinski definition) is 1. The lowest BCUT2D eigenvalue weighted by molar-refractivity contribution is -0.127. The van der Waals surface area contributed by atoms with Gasteiger partial charge in [0.15, 0.2) is 0 Å². The number of amides is 2. The Kier molecular flexibility index (Phi) is 7.72. The topological polar surface area (TPSA) is 52.7 Å². The molecule has 1 N–H and O–H groups in total. The van der Waals surface area contributed by atoms with Gasteiger partial charge >= 0.3 is 0 Å². The van der Waals surface area contributed by atoms with E-state index in [1.165, 1.54) is 17.3 Å². The predicted octanol–water partition coefficient (Wildman–Crippen LogP) is 3.39. The van der Waals surface area contributed by atoms with Crippen LogP contribution >= 0.6 is 11.8 Å². The van der Waals surface area contributed by atoms with Crippen molar-refractivity contribution in [1.82, 2.24) is 15.1 Å². The van der Waals surface area contributed by atoms with Gasteiger partial charge in [-0.3, -0.25) is 9.59 Å². The molecule has 3 rings (SSSR count). The molecule has 0 atom stereocenters. The zero-order valence-electron chi connectivity index (χ0n) is 17.2. The first kappa shape index (κ1) is 21.4. The van der Waals surface area contributed by atoms with Crippen molar-refractivity contribution in [2.24, 2.45) is 0 Å². The molecule has 2 amide bonds. The van der Waals surface area contributed by atoms with E-state index in [0.717, 1.165) is 42.9 Å². The summed E-state index contributed by atoms with van der Waals surface area (Å²) < 4.78 is 0. The standard InChI is InChI=1S/C23H29N3O2S/c1-25(2)16-19-10-4-3-9-18(19)15-24-23(28)20-11-5-6-12-21(20)29-17-22(27)26-13-7-8-14-26/h3-6,9-12H,7-8,13-17H2,1-2H3,(H,24,28). The van der Waals surface area contributed by atoms with Crippen LogP contribution in [0.4, 0.5) is 0 Å². The van der Waals surface area contributed by atoms with E-state index in [4.69, 9.17) is 0 Å². The van der Waals surface area contributed by atoms with Gasteiger partial charge in [0, 0.05) is 31.1 Å². The normalized spacial score (nSPS) is 13.7. The van der Waals surface area contributed by atoms with E-state index in [0.29, 0.717) is 17.9 Å². The van der Waals surface area contributed by atoms with Crippen LogP contribution in [0.2, 0.25) is 0 Å². The molecule has 2 aromatic rings. The van der Waals surface area contributed by atoms with Crippen molar-refractivity contribution in [1.29, 1.82) is 0 Å². The molecule has 2 aromatic carbocycles. The first-order valence-corrected chi connectivity index (χ1v) is 11.0. The Morgan fingerprint density at radius 3 is 2.38 bits per heavy atom. The lowest BCUT2D eigenvalue weighted by atomic mass is 10.1. The van der Waals surface area contributed by atoms with Crippen LogP contribution in [-0.2, 0) is 17.9 Å². The maximum absolute atomic E-state index is 12.8. The fourth-order valence-corrected chi connectivity index (χ4v) is 4.43. The van der Waals surface area contributed by atoms with E-state index in [9.17, 15) is 9.59 Å². The fraction of sp³-hybridized carbons (Fsp3) is 0.391. The first-order valence-electron chi connectivity index (χ1n) is 10.0. The minimum atomic E-state index is -0.110. The second-order valence-electron chi connectivity index (χ2n) is 7.56. The highest BCUT2D eigenvalue weighted by molar-refractivity contribution is 8.00.